The highest BCUT2D eigenvalue weighted by Crippen LogP contribution is 2.27. The monoisotopic (exact) mass is 461 g/mol. The first-order valence-electron chi connectivity index (χ1n) is 10.5. The number of halogens is 1. The number of amides is 1. The standard InChI is InChI=1S/C23H28ClN3O3S/c1-16(2)22(17-7-9-18(24)10-8-17)23(28)26-19-11-13-20(14-12-19)31(29,30)27-21-6-4-3-5-15-25-21/h7-14,16,22H,3-6,15H2,1-2H3,(H,25,27)(H,26,28)/t22-/m1/s1. The molecule has 1 atom stereocenters. The average Bonchev–Trinajstić information content (AvgIpc) is 2.98. The van der Waals surface area contributed by atoms with Crippen LogP contribution >= 0.6 is 11.6 Å². The first-order valence-corrected chi connectivity index (χ1v) is 12.3. The van der Waals surface area contributed by atoms with E-state index in [2.05, 4.69) is 15.0 Å². The van der Waals surface area contributed by atoms with Gasteiger partial charge in [0.05, 0.1) is 10.8 Å². The van der Waals surface area contributed by atoms with Crippen molar-refractivity contribution in [3.05, 3.63) is 59.1 Å². The molecule has 31 heavy (non-hydrogen) atoms. The molecule has 166 valence electrons. The van der Waals surface area contributed by atoms with Crippen LogP contribution in [-0.2, 0) is 14.8 Å². The van der Waals surface area contributed by atoms with Crippen molar-refractivity contribution < 1.29 is 13.2 Å². The zero-order valence-corrected chi connectivity index (χ0v) is 19.3. The van der Waals surface area contributed by atoms with Crippen molar-refractivity contribution in [3.63, 3.8) is 0 Å². The van der Waals surface area contributed by atoms with Gasteiger partial charge >= 0.3 is 0 Å². The van der Waals surface area contributed by atoms with Gasteiger partial charge < -0.3 is 5.32 Å². The fourth-order valence-corrected chi connectivity index (χ4v) is 4.83. The molecule has 2 N–H and O–H groups in total. The Balaban J connectivity index is 1.70. The average molecular weight is 462 g/mol. The second kappa shape index (κ2) is 10.3. The predicted molar refractivity (Wildman–Crippen MR) is 125 cm³/mol. The Morgan fingerprint density at radius 3 is 2.32 bits per heavy atom. The normalized spacial score (nSPS) is 15.7. The summed E-state index contributed by atoms with van der Waals surface area (Å²) >= 11 is 5.96. The summed E-state index contributed by atoms with van der Waals surface area (Å²) in [6.07, 6.45) is 3.59. The molecule has 0 saturated heterocycles. The van der Waals surface area contributed by atoms with E-state index < -0.39 is 10.0 Å². The Labute approximate surface area is 189 Å². The van der Waals surface area contributed by atoms with Gasteiger partial charge in [-0.15, -0.1) is 0 Å². The van der Waals surface area contributed by atoms with E-state index in [1.165, 1.54) is 12.1 Å². The van der Waals surface area contributed by atoms with Crippen LogP contribution in [0.3, 0.4) is 0 Å². The van der Waals surface area contributed by atoms with Crippen molar-refractivity contribution in [2.24, 2.45) is 10.9 Å². The molecule has 0 aromatic heterocycles. The van der Waals surface area contributed by atoms with E-state index in [-0.39, 0.29) is 22.6 Å². The maximum absolute atomic E-state index is 12.9. The summed E-state index contributed by atoms with van der Waals surface area (Å²) in [6, 6.07) is 13.4. The molecule has 1 heterocycles. The van der Waals surface area contributed by atoms with E-state index >= 15 is 0 Å². The third-order valence-corrected chi connectivity index (χ3v) is 6.89. The molecular formula is C23H28ClN3O3S. The molecule has 1 aliphatic rings. The second-order valence-electron chi connectivity index (χ2n) is 8.03. The smallest absolute Gasteiger partial charge is 0.262 e. The molecule has 6 nitrogen and oxygen atoms in total. The van der Waals surface area contributed by atoms with Crippen molar-refractivity contribution in [2.75, 3.05) is 11.9 Å². The minimum Gasteiger partial charge on any atom is -0.326 e. The van der Waals surface area contributed by atoms with Crippen molar-refractivity contribution >= 4 is 39.1 Å². The van der Waals surface area contributed by atoms with Gasteiger partial charge in [0, 0.05) is 23.7 Å². The van der Waals surface area contributed by atoms with Crippen molar-refractivity contribution in [1.82, 2.24) is 4.72 Å². The van der Waals surface area contributed by atoms with Crippen LogP contribution in [0.15, 0.2) is 58.4 Å². The van der Waals surface area contributed by atoms with Crippen molar-refractivity contribution in [2.45, 2.75) is 50.3 Å². The summed E-state index contributed by atoms with van der Waals surface area (Å²) in [5, 5.41) is 3.51. The van der Waals surface area contributed by atoms with E-state index in [1.54, 1.807) is 24.3 Å². The highest BCUT2D eigenvalue weighted by molar-refractivity contribution is 7.90. The number of aliphatic imine (C=N–C) groups is 1. The molecule has 0 radical (unpaired) electrons. The third-order valence-electron chi connectivity index (χ3n) is 5.24. The highest BCUT2D eigenvalue weighted by atomic mass is 35.5. The fraction of sp³-hybridized carbons (Fsp3) is 0.391. The third kappa shape index (κ3) is 6.31. The second-order valence-corrected chi connectivity index (χ2v) is 10.2. The number of benzene rings is 2. The van der Waals surface area contributed by atoms with Gasteiger partial charge in [0.25, 0.3) is 10.0 Å². The lowest BCUT2D eigenvalue weighted by Gasteiger charge is -2.21. The summed E-state index contributed by atoms with van der Waals surface area (Å²) in [5.74, 6) is 0.0810. The van der Waals surface area contributed by atoms with E-state index in [0.717, 1.165) is 24.8 Å². The lowest BCUT2D eigenvalue weighted by molar-refractivity contribution is -0.118. The Morgan fingerprint density at radius 2 is 1.68 bits per heavy atom. The molecule has 8 heteroatoms. The highest BCUT2D eigenvalue weighted by Gasteiger charge is 2.24. The summed E-state index contributed by atoms with van der Waals surface area (Å²) in [5.41, 5.74) is 1.42. The number of hydrogen-bond acceptors (Lipinski definition) is 4. The molecule has 1 aliphatic heterocycles. The molecule has 2 aromatic rings. The van der Waals surface area contributed by atoms with Gasteiger partial charge in [0.2, 0.25) is 5.91 Å². The molecule has 0 fully saturated rings. The molecule has 0 bridgehead atoms. The van der Waals surface area contributed by atoms with Crippen LogP contribution in [0.4, 0.5) is 5.69 Å². The van der Waals surface area contributed by atoms with Crippen molar-refractivity contribution in [3.8, 4) is 0 Å². The number of rotatable bonds is 6. The first kappa shape index (κ1) is 23.3. The number of nitrogens with one attached hydrogen (secondary N) is 2. The van der Waals surface area contributed by atoms with Crippen LogP contribution in [0, 0.1) is 5.92 Å². The van der Waals surface area contributed by atoms with Gasteiger partial charge in [-0.3, -0.25) is 14.5 Å². The number of anilines is 1. The molecular weight excluding hydrogens is 434 g/mol. The number of sulfonamides is 1. The van der Waals surface area contributed by atoms with Gasteiger partial charge in [-0.05, 0) is 60.7 Å². The van der Waals surface area contributed by atoms with E-state index in [1.807, 2.05) is 26.0 Å². The van der Waals surface area contributed by atoms with Gasteiger partial charge in [-0.25, -0.2) is 8.42 Å². The number of hydrogen-bond donors (Lipinski definition) is 2. The van der Waals surface area contributed by atoms with Crippen molar-refractivity contribution in [1.29, 1.82) is 0 Å². The van der Waals surface area contributed by atoms with Crippen LogP contribution in [0.5, 0.6) is 0 Å². The SMILES string of the molecule is CC(C)[C@@H](C(=O)Nc1ccc(S(=O)(=O)NC2=NCCCCC2)cc1)c1ccc(Cl)cc1. The molecule has 3 rings (SSSR count). The quantitative estimate of drug-likeness (QED) is 0.636. The first-order chi connectivity index (χ1) is 14.8. The van der Waals surface area contributed by atoms with Gasteiger partial charge in [0.1, 0.15) is 5.84 Å². The Kier molecular flexibility index (Phi) is 7.73. The molecule has 2 aromatic carbocycles. The van der Waals surface area contributed by atoms with Crippen LogP contribution in [-0.4, -0.2) is 26.7 Å². The largest absolute Gasteiger partial charge is 0.326 e. The van der Waals surface area contributed by atoms with Gasteiger partial charge in [-0.1, -0.05) is 44.0 Å². The minimum atomic E-state index is -3.70. The number of nitrogens with zero attached hydrogens (tertiary/aromatic N) is 1. The number of carbonyl (C=O) groups excluding carboxylic acids is 1. The molecule has 1 amide bonds. The zero-order chi connectivity index (χ0) is 22.4. The Hall–Kier alpha value is -2.38. The predicted octanol–water partition coefficient (Wildman–Crippen LogP) is 4.97. The summed E-state index contributed by atoms with van der Waals surface area (Å²) in [4.78, 5) is 17.4. The summed E-state index contributed by atoms with van der Waals surface area (Å²) < 4.78 is 27.9. The maximum Gasteiger partial charge on any atom is 0.262 e. The lowest BCUT2D eigenvalue weighted by atomic mass is 9.87. The minimum absolute atomic E-state index is 0.0744. The van der Waals surface area contributed by atoms with Crippen LogP contribution in [0.25, 0.3) is 0 Å². The lowest BCUT2D eigenvalue weighted by Crippen LogP contribution is -2.30. The van der Waals surface area contributed by atoms with Gasteiger partial charge in [-0.2, -0.15) is 0 Å². The number of amidine groups is 1. The topological polar surface area (TPSA) is 87.6 Å². The Bertz CT molecular complexity index is 1030. The zero-order valence-electron chi connectivity index (χ0n) is 17.8. The molecule has 0 aliphatic carbocycles. The Morgan fingerprint density at radius 1 is 1.00 bits per heavy atom. The van der Waals surface area contributed by atoms with Crippen LogP contribution in [0.2, 0.25) is 5.02 Å². The molecule has 0 unspecified atom stereocenters. The fourth-order valence-electron chi connectivity index (χ4n) is 3.62. The van der Waals surface area contributed by atoms with Crippen LogP contribution in [0.1, 0.15) is 51.0 Å². The number of carbonyl (C=O) groups is 1. The summed E-state index contributed by atoms with van der Waals surface area (Å²) in [7, 11) is -3.70. The van der Waals surface area contributed by atoms with E-state index in [9.17, 15) is 13.2 Å². The maximum atomic E-state index is 12.9. The van der Waals surface area contributed by atoms with Gasteiger partial charge in [0.15, 0.2) is 0 Å². The van der Waals surface area contributed by atoms with Crippen LogP contribution < -0.4 is 10.0 Å². The van der Waals surface area contributed by atoms with E-state index in [0.29, 0.717) is 29.5 Å². The molecule has 0 saturated carbocycles. The summed E-state index contributed by atoms with van der Waals surface area (Å²) in [6.45, 7) is 4.61. The van der Waals surface area contributed by atoms with E-state index in [4.69, 9.17) is 11.6 Å². The molecule has 0 spiro atoms.